The normalized spacial score (nSPS) is 10.2. The molecule has 0 fully saturated rings. The van der Waals surface area contributed by atoms with Crippen LogP contribution in [0.5, 0.6) is 5.75 Å². The first-order valence-corrected chi connectivity index (χ1v) is 7.94. The van der Waals surface area contributed by atoms with Crippen LogP contribution in [-0.4, -0.2) is 7.11 Å². The van der Waals surface area contributed by atoms with Crippen LogP contribution in [0.2, 0.25) is 0 Å². The second-order valence-corrected chi connectivity index (χ2v) is 5.67. The third-order valence-electron chi connectivity index (χ3n) is 3.98. The maximum atomic E-state index is 5.28. The maximum absolute atomic E-state index is 5.28. The van der Waals surface area contributed by atoms with Crippen molar-refractivity contribution in [3.8, 4) is 5.75 Å². The Balaban J connectivity index is 2.09. The Bertz CT molecular complexity index is 819. The minimum Gasteiger partial charge on any atom is -0.497 e. The molecule has 0 saturated carbocycles. The number of nitrogens with zero attached hydrogens (tertiary/aromatic N) is 1. The third kappa shape index (κ3) is 3.33. The molecule has 0 N–H and O–H groups in total. The topological polar surface area (TPSA) is 12.5 Å². The van der Waals surface area contributed by atoms with Crippen molar-refractivity contribution in [3.63, 3.8) is 0 Å². The van der Waals surface area contributed by atoms with Crippen molar-refractivity contribution in [3.05, 3.63) is 90.5 Å². The van der Waals surface area contributed by atoms with Gasteiger partial charge in [0.1, 0.15) is 5.75 Å². The van der Waals surface area contributed by atoms with Gasteiger partial charge >= 0.3 is 0 Å². The fourth-order valence-electron chi connectivity index (χ4n) is 2.71. The van der Waals surface area contributed by atoms with Gasteiger partial charge in [-0.15, -0.1) is 0 Å². The molecule has 120 valence electrons. The van der Waals surface area contributed by atoms with E-state index in [-0.39, 0.29) is 0 Å². The molecule has 2 nitrogen and oxygen atoms in total. The minimum atomic E-state index is 0.852. The SMILES string of the molecule is C=Cc1ccc(N(c2ccc(OC)cc2)c2cccc(C)c2)cc1. The van der Waals surface area contributed by atoms with Crippen LogP contribution in [0.15, 0.2) is 79.4 Å². The number of methoxy groups -OCH3 is 1. The van der Waals surface area contributed by atoms with Crippen molar-refractivity contribution in [2.45, 2.75) is 6.92 Å². The number of rotatable bonds is 5. The summed E-state index contributed by atoms with van der Waals surface area (Å²) in [5.41, 5.74) is 5.67. The number of hydrogen-bond donors (Lipinski definition) is 0. The first-order valence-electron chi connectivity index (χ1n) is 7.94. The monoisotopic (exact) mass is 315 g/mol. The maximum Gasteiger partial charge on any atom is 0.119 e. The highest BCUT2D eigenvalue weighted by atomic mass is 16.5. The highest BCUT2D eigenvalue weighted by Gasteiger charge is 2.12. The molecule has 0 amide bonds. The molecule has 24 heavy (non-hydrogen) atoms. The molecule has 0 aliphatic carbocycles. The number of benzene rings is 3. The molecule has 0 aliphatic rings. The van der Waals surface area contributed by atoms with Crippen LogP contribution < -0.4 is 9.64 Å². The Morgan fingerprint density at radius 2 is 1.46 bits per heavy atom. The van der Waals surface area contributed by atoms with Crippen LogP contribution in [0, 0.1) is 6.92 Å². The zero-order valence-electron chi connectivity index (χ0n) is 14.1. The average Bonchev–Trinajstić information content (AvgIpc) is 2.63. The molecule has 0 aromatic heterocycles. The van der Waals surface area contributed by atoms with E-state index < -0.39 is 0 Å². The van der Waals surface area contributed by atoms with Crippen molar-refractivity contribution >= 4 is 23.1 Å². The third-order valence-corrected chi connectivity index (χ3v) is 3.98. The van der Waals surface area contributed by atoms with Crippen LogP contribution in [0.4, 0.5) is 17.1 Å². The highest BCUT2D eigenvalue weighted by molar-refractivity contribution is 5.77. The van der Waals surface area contributed by atoms with Gasteiger partial charge in [-0.25, -0.2) is 0 Å². The van der Waals surface area contributed by atoms with E-state index in [1.807, 2.05) is 18.2 Å². The summed E-state index contributed by atoms with van der Waals surface area (Å²) >= 11 is 0. The first kappa shape index (κ1) is 15.9. The fourth-order valence-corrected chi connectivity index (χ4v) is 2.71. The molecule has 3 aromatic rings. The van der Waals surface area contributed by atoms with Gasteiger partial charge in [0.2, 0.25) is 0 Å². The number of anilines is 3. The van der Waals surface area contributed by atoms with Gasteiger partial charge in [-0.2, -0.15) is 0 Å². The van der Waals surface area contributed by atoms with E-state index in [0.717, 1.165) is 28.4 Å². The lowest BCUT2D eigenvalue weighted by Gasteiger charge is -2.26. The summed E-state index contributed by atoms with van der Waals surface area (Å²) in [7, 11) is 1.68. The second kappa shape index (κ2) is 7.05. The van der Waals surface area contributed by atoms with Crippen LogP contribution in [0.3, 0.4) is 0 Å². The predicted octanol–water partition coefficient (Wildman–Crippen LogP) is 6.12. The summed E-state index contributed by atoms with van der Waals surface area (Å²) < 4.78 is 5.28. The minimum absolute atomic E-state index is 0.852. The Morgan fingerprint density at radius 3 is 2.00 bits per heavy atom. The summed E-state index contributed by atoms with van der Waals surface area (Å²) in [6, 6.07) is 25.0. The molecular weight excluding hydrogens is 294 g/mol. The number of hydrogen-bond acceptors (Lipinski definition) is 2. The molecule has 0 aliphatic heterocycles. The summed E-state index contributed by atoms with van der Waals surface area (Å²) in [4.78, 5) is 2.24. The molecule has 0 heterocycles. The van der Waals surface area contributed by atoms with Gasteiger partial charge in [-0.05, 0) is 66.6 Å². The molecule has 2 heteroatoms. The summed E-state index contributed by atoms with van der Waals surface area (Å²) in [6.07, 6.45) is 1.86. The molecule has 0 saturated heterocycles. The molecule has 0 spiro atoms. The van der Waals surface area contributed by atoms with E-state index in [1.54, 1.807) is 7.11 Å². The molecule has 0 bridgehead atoms. The molecule has 0 radical (unpaired) electrons. The van der Waals surface area contributed by atoms with Crippen molar-refractivity contribution in [1.29, 1.82) is 0 Å². The Labute approximate surface area is 143 Å². The molecular formula is C22H21NO. The fraction of sp³-hybridized carbons (Fsp3) is 0.0909. The van der Waals surface area contributed by atoms with E-state index in [1.165, 1.54) is 5.56 Å². The lowest BCUT2D eigenvalue weighted by Crippen LogP contribution is -2.10. The lowest BCUT2D eigenvalue weighted by atomic mass is 10.1. The molecule has 0 atom stereocenters. The van der Waals surface area contributed by atoms with Gasteiger partial charge in [0.05, 0.1) is 7.11 Å². The van der Waals surface area contributed by atoms with Crippen LogP contribution in [0.1, 0.15) is 11.1 Å². The van der Waals surface area contributed by atoms with E-state index in [4.69, 9.17) is 4.74 Å². The van der Waals surface area contributed by atoms with E-state index in [0.29, 0.717) is 0 Å². The van der Waals surface area contributed by atoms with E-state index in [9.17, 15) is 0 Å². The smallest absolute Gasteiger partial charge is 0.119 e. The van der Waals surface area contributed by atoms with Crippen LogP contribution in [0.25, 0.3) is 6.08 Å². The Morgan fingerprint density at radius 1 is 0.833 bits per heavy atom. The number of ether oxygens (including phenoxy) is 1. The molecule has 0 unspecified atom stereocenters. The molecule has 3 rings (SSSR count). The summed E-state index contributed by atoms with van der Waals surface area (Å²) in [5, 5.41) is 0. The number of aryl methyl sites for hydroxylation is 1. The van der Waals surface area contributed by atoms with Crippen molar-refractivity contribution in [1.82, 2.24) is 0 Å². The molecule has 3 aromatic carbocycles. The van der Waals surface area contributed by atoms with Gasteiger partial charge in [0.15, 0.2) is 0 Å². The lowest BCUT2D eigenvalue weighted by molar-refractivity contribution is 0.415. The average molecular weight is 315 g/mol. The summed E-state index contributed by atoms with van der Waals surface area (Å²) in [6.45, 7) is 5.93. The quantitative estimate of drug-likeness (QED) is 0.562. The first-order chi connectivity index (χ1) is 11.7. The Kier molecular flexibility index (Phi) is 4.66. The van der Waals surface area contributed by atoms with Crippen molar-refractivity contribution in [2.24, 2.45) is 0 Å². The van der Waals surface area contributed by atoms with Crippen molar-refractivity contribution in [2.75, 3.05) is 12.0 Å². The van der Waals surface area contributed by atoms with Gasteiger partial charge in [0.25, 0.3) is 0 Å². The zero-order chi connectivity index (χ0) is 16.9. The van der Waals surface area contributed by atoms with Crippen LogP contribution in [-0.2, 0) is 0 Å². The highest BCUT2D eigenvalue weighted by Crippen LogP contribution is 2.35. The van der Waals surface area contributed by atoms with Crippen LogP contribution >= 0.6 is 0 Å². The second-order valence-electron chi connectivity index (χ2n) is 5.67. The summed E-state index contributed by atoms with van der Waals surface area (Å²) in [5.74, 6) is 0.852. The standard InChI is InChI=1S/C22H21NO/c1-4-18-8-10-19(11-9-18)23(21-7-5-6-17(2)16-21)20-12-14-22(24-3)15-13-20/h4-16H,1H2,2-3H3. The van der Waals surface area contributed by atoms with E-state index >= 15 is 0 Å². The predicted molar refractivity (Wildman–Crippen MR) is 103 cm³/mol. The van der Waals surface area contributed by atoms with E-state index in [2.05, 4.69) is 79.1 Å². The largest absolute Gasteiger partial charge is 0.497 e. The van der Waals surface area contributed by atoms with Gasteiger partial charge in [0, 0.05) is 17.1 Å². The zero-order valence-corrected chi connectivity index (χ0v) is 14.1. The van der Waals surface area contributed by atoms with Gasteiger partial charge in [-0.3, -0.25) is 0 Å². The Hall–Kier alpha value is -3.00. The van der Waals surface area contributed by atoms with Gasteiger partial charge in [-0.1, -0.05) is 36.9 Å². The van der Waals surface area contributed by atoms with Gasteiger partial charge < -0.3 is 9.64 Å². The van der Waals surface area contributed by atoms with Crippen molar-refractivity contribution < 1.29 is 4.74 Å².